The van der Waals surface area contributed by atoms with Gasteiger partial charge in [-0.2, -0.15) is 0 Å². The van der Waals surface area contributed by atoms with Crippen molar-refractivity contribution in [3.63, 3.8) is 0 Å². The van der Waals surface area contributed by atoms with Crippen LogP contribution in [0.1, 0.15) is 19.4 Å². The maximum atomic E-state index is 5.86. The molecule has 0 fully saturated rings. The summed E-state index contributed by atoms with van der Waals surface area (Å²) in [7, 11) is -1.59. The number of rotatable bonds is 5. The lowest BCUT2D eigenvalue weighted by atomic mass is 10.1. The largest absolute Gasteiger partial charge is 0.532 e. The summed E-state index contributed by atoms with van der Waals surface area (Å²) in [6, 6.07) is 10.2. The van der Waals surface area contributed by atoms with Crippen molar-refractivity contribution in [3.8, 4) is 0 Å². The van der Waals surface area contributed by atoms with Gasteiger partial charge in [-0.05, 0) is 50.7 Å². The molecule has 0 saturated heterocycles. The van der Waals surface area contributed by atoms with Crippen LogP contribution < -0.4 is 0 Å². The standard InChI is InChI=1S/C16H23NOSi/c1-6-16(18-19(3,4)5)17-13-14(2)12-15-10-8-7-9-11-15/h6-13H,1-5H3/b14-12+,16-6-,17-13+. The van der Waals surface area contributed by atoms with E-state index in [9.17, 15) is 0 Å². The van der Waals surface area contributed by atoms with Crippen LogP contribution in [-0.2, 0) is 4.43 Å². The molecule has 0 amide bonds. The Labute approximate surface area is 117 Å². The van der Waals surface area contributed by atoms with Crippen LogP contribution in [0.4, 0.5) is 0 Å². The molecule has 0 unspecified atom stereocenters. The molecule has 0 bridgehead atoms. The van der Waals surface area contributed by atoms with Gasteiger partial charge in [0.2, 0.25) is 8.32 Å². The van der Waals surface area contributed by atoms with E-state index in [1.165, 1.54) is 5.56 Å². The highest BCUT2D eigenvalue weighted by Crippen LogP contribution is 2.12. The minimum Gasteiger partial charge on any atom is -0.532 e. The highest BCUT2D eigenvalue weighted by Gasteiger charge is 2.16. The molecule has 0 saturated carbocycles. The lowest BCUT2D eigenvalue weighted by Gasteiger charge is -2.18. The Morgan fingerprint density at radius 1 is 1.16 bits per heavy atom. The summed E-state index contributed by atoms with van der Waals surface area (Å²) in [5.74, 6) is 0.708. The first kappa shape index (κ1) is 15.4. The Kier molecular flexibility index (Phi) is 5.77. The second kappa shape index (κ2) is 7.09. The molecule has 0 heterocycles. The molecule has 19 heavy (non-hydrogen) atoms. The number of aliphatic imine (C=N–C) groups is 1. The van der Waals surface area contributed by atoms with Crippen LogP contribution >= 0.6 is 0 Å². The van der Waals surface area contributed by atoms with Gasteiger partial charge < -0.3 is 4.43 Å². The summed E-state index contributed by atoms with van der Waals surface area (Å²) in [5, 5.41) is 0. The van der Waals surface area contributed by atoms with Gasteiger partial charge in [0.05, 0.1) is 0 Å². The van der Waals surface area contributed by atoms with E-state index in [1.807, 2.05) is 44.3 Å². The number of hydrogen-bond acceptors (Lipinski definition) is 2. The van der Waals surface area contributed by atoms with Gasteiger partial charge in [-0.1, -0.05) is 36.4 Å². The minimum atomic E-state index is -1.59. The fourth-order valence-corrected chi connectivity index (χ4v) is 2.29. The van der Waals surface area contributed by atoms with Gasteiger partial charge in [-0.15, -0.1) is 0 Å². The van der Waals surface area contributed by atoms with Crippen LogP contribution in [0, 0.1) is 0 Å². The smallest absolute Gasteiger partial charge is 0.244 e. The van der Waals surface area contributed by atoms with Gasteiger partial charge >= 0.3 is 0 Å². The SMILES string of the molecule is C/C=C(/N=C/C(C)=C/c1ccccc1)O[Si](C)(C)C. The fourth-order valence-electron chi connectivity index (χ4n) is 1.49. The second-order valence-corrected chi connectivity index (χ2v) is 9.83. The lowest BCUT2D eigenvalue weighted by Crippen LogP contribution is -2.24. The normalized spacial score (nSPS) is 13.9. The topological polar surface area (TPSA) is 21.6 Å². The molecule has 1 rings (SSSR count). The molecule has 0 N–H and O–H groups in total. The average Bonchev–Trinajstić information content (AvgIpc) is 2.34. The predicted octanol–water partition coefficient (Wildman–Crippen LogP) is 4.87. The van der Waals surface area contributed by atoms with Crippen molar-refractivity contribution in [1.82, 2.24) is 0 Å². The molecule has 0 aliphatic heterocycles. The first-order valence-electron chi connectivity index (χ1n) is 6.53. The summed E-state index contributed by atoms with van der Waals surface area (Å²) in [5.41, 5.74) is 2.28. The van der Waals surface area contributed by atoms with Crippen molar-refractivity contribution < 1.29 is 4.43 Å². The molecule has 2 nitrogen and oxygen atoms in total. The van der Waals surface area contributed by atoms with Gasteiger partial charge in [0.15, 0.2) is 5.88 Å². The summed E-state index contributed by atoms with van der Waals surface area (Å²) in [6.07, 6.45) is 5.86. The Morgan fingerprint density at radius 3 is 2.32 bits per heavy atom. The van der Waals surface area contributed by atoms with Crippen molar-refractivity contribution in [1.29, 1.82) is 0 Å². The summed E-state index contributed by atoms with van der Waals surface area (Å²) in [4.78, 5) is 4.40. The van der Waals surface area contributed by atoms with Crippen molar-refractivity contribution in [2.75, 3.05) is 0 Å². The zero-order valence-corrected chi connectivity index (χ0v) is 13.5. The van der Waals surface area contributed by atoms with Gasteiger partial charge in [0.25, 0.3) is 0 Å². The van der Waals surface area contributed by atoms with Crippen LogP contribution in [0.15, 0.2) is 52.9 Å². The third kappa shape index (κ3) is 6.77. The summed E-state index contributed by atoms with van der Waals surface area (Å²) < 4.78 is 5.86. The van der Waals surface area contributed by atoms with Crippen molar-refractivity contribution in [2.45, 2.75) is 33.5 Å². The fraction of sp³-hybridized carbons (Fsp3) is 0.312. The van der Waals surface area contributed by atoms with Crippen LogP contribution in [0.25, 0.3) is 6.08 Å². The monoisotopic (exact) mass is 273 g/mol. The first-order chi connectivity index (χ1) is 8.90. The molecule has 0 radical (unpaired) electrons. The molecule has 0 aliphatic rings. The maximum Gasteiger partial charge on any atom is 0.244 e. The average molecular weight is 273 g/mol. The molecule has 0 aliphatic carbocycles. The minimum absolute atomic E-state index is 0.708. The molecular formula is C16H23NOSi. The second-order valence-electron chi connectivity index (χ2n) is 5.40. The van der Waals surface area contributed by atoms with Crippen LogP contribution in [-0.4, -0.2) is 14.5 Å². The first-order valence-corrected chi connectivity index (χ1v) is 9.94. The van der Waals surface area contributed by atoms with Gasteiger partial charge in [-0.25, -0.2) is 4.99 Å². The van der Waals surface area contributed by atoms with Gasteiger partial charge in [-0.3, -0.25) is 0 Å². The van der Waals surface area contributed by atoms with E-state index in [0.717, 1.165) is 5.57 Å². The highest BCUT2D eigenvalue weighted by molar-refractivity contribution is 6.70. The van der Waals surface area contributed by atoms with E-state index < -0.39 is 8.32 Å². The van der Waals surface area contributed by atoms with E-state index in [0.29, 0.717) is 5.88 Å². The Morgan fingerprint density at radius 2 is 1.79 bits per heavy atom. The number of allylic oxidation sites excluding steroid dienone is 2. The molecule has 0 aromatic heterocycles. The van der Waals surface area contributed by atoms with Crippen LogP contribution in [0.3, 0.4) is 0 Å². The van der Waals surface area contributed by atoms with Gasteiger partial charge in [0, 0.05) is 6.21 Å². The molecule has 1 aromatic rings. The highest BCUT2D eigenvalue weighted by atomic mass is 28.4. The number of nitrogens with zero attached hydrogens (tertiary/aromatic N) is 1. The van der Waals surface area contributed by atoms with Crippen molar-refractivity contribution >= 4 is 20.6 Å². The quantitative estimate of drug-likeness (QED) is 0.426. The Balaban J connectivity index is 2.72. The van der Waals surface area contributed by atoms with E-state index in [4.69, 9.17) is 4.43 Å². The molecule has 102 valence electrons. The van der Waals surface area contributed by atoms with E-state index >= 15 is 0 Å². The molecule has 1 aromatic carbocycles. The summed E-state index contributed by atoms with van der Waals surface area (Å²) >= 11 is 0. The zero-order chi connectivity index (χ0) is 14.3. The Hall–Kier alpha value is -1.61. The number of benzene rings is 1. The Bertz CT molecular complexity index is 481. The summed E-state index contributed by atoms with van der Waals surface area (Å²) in [6.45, 7) is 10.4. The maximum absolute atomic E-state index is 5.86. The molecular weight excluding hydrogens is 250 g/mol. The number of hydrogen-bond donors (Lipinski definition) is 0. The van der Waals surface area contributed by atoms with Gasteiger partial charge in [0.1, 0.15) is 0 Å². The lowest BCUT2D eigenvalue weighted by molar-refractivity contribution is 0.417. The van der Waals surface area contributed by atoms with Crippen molar-refractivity contribution in [2.24, 2.45) is 4.99 Å². The third-order valence-electron chi connectivity index (χ3n) is 2.25. The van der Waals surface area contributed by atoms with Crippen LogP contribution in [0.2, 0.25) is 19.6 Å². The third-order valence-corrected chi connectivity index (χ3v) is 3.07. The predicted molar refractivity (Wildman–Crippen MR) is 86.8 cm³/mol. The molecule has 0 atom stereocenters. The van der Waals surface area contributed by atoms with Crippen LogP contribution in [0.5, 0.6) is 0 Å². The zero-order valence-electron chi connectivity index (χ0n) is 12.5. The van der Waals surface area contributed by atoms with Crippen molar-refractivity contribution in [3.05, 3.63) is 53.4 Å². The van der Waals surface area contributed by atoms with E-state index in [1.54, 1.807) is 0 Å². The molecule has 3 heteroatoms. The van der Waals surface area contributed by atoms with E-state index in [2.05, 4.69) is 42.8 Å². The van der Waals surface area contributed by atoms with E-state index in [-0.39, 0.29) is 0 Å². The molecule has 0 spiro atoms.